The fourth-order valence-corrected chi connectivity index (χ4v) is 1.43. The van der Waals surface area contributed by atoms with Crippen molar-refractivity contribution in [2.75, 3.05) is 7.11 Å². The van der Waals surface area contributed by atoms with Gasteiger partial charge < -0.3 is 25.4 Å². The van der Waals surface area contributed by atoms with E-state index in [1.165, 1.54) is 25.3 Å². The fraction of sp³-hybridized carbons (Fsp3) is 0.250. The number of amides is 1. The number of aromatic hydroxyl groups is 1. The number of benzene rings is 1. The highest BCUT2D eigenvalue weighted by atomic mass is 16.5. The molecule has 1 aromatic carbocycles. The molecule has 0 saturated heterocycles. The van der Waals surface area contributed by atoms with Crippen molar-refractivity contribution < 1.29 is 34.4 Å². The number of carboxylic acid groups (broad SMARTS) is 2. The van der Waals surface area contributed by atoms with Gasteiger partial charge in [-0.05, 0) is 18.2 Å². The Labute approximate surface area is 113 Å². The van der Waals surface area contributed by atoms with E-state index in [2.05, 4.69) is 0 Å². The number of aliphatic carboxylic acids is 2. The second-order valence-corrected chi connectivity index (χ2v) is 3.85. The van der Waals surface area contributed by atoms with Crippen LogP contribution in [0.15, 0.2) is 18.2 Å². The largest absolute Gasteiger partial charge is 0.507 e. The summed E-state index contributed by atoms with van der Waals surface area (Å²) in [7, 11) is 1.36. The number of carbonyl (C=O) groups is 3. The van der Waals surface area contributed by atoms with Gasteiger partial charge in [0.15, 0.2) is 0 Å². The van der Waals surface area contributed by atoms with E-state index in [9.17, 15) is 19.5 Å². The minimum absolute atomic E-state index is 0.207. The number of carboxylic acids is 2. The lowest BCUT2D eigenvalue weighted by molar-refractivity contribution is -0.145. The number of rotatable bonds is 6. The molecule has 0 saturated carbocycles. The highest BCUT2D eigenvalue weighted by molar-refractivity contribution is 5.99. The standard InChI is InChI=1S/C12H13NO7/c1-20-6-2-3-9(14)7(4-6)11(17)13-8(12(18)19)5-10(15)16/h2-4,8,14H,5H2,1H3,(H,13,17)(H,15,16)(H,18,19)/t8-/m0/s1. The monoisotopic (exact) mass is 283 g/mol. The van der Waals surface area contributed by atoms with E-state index in [0.717, 1.165) is 0 Å². The molecule has 1 aromatic rings. The first-order chi connectivity index (χ1) is 9.35. The molecule has 0 aliphatic carbocycles. The summed E-state index contributed by atoms with van der Waals surface area (Å²) in [5.74, 6) is -3.84. The molecule has 0 fully saturated rings. The van der Waals surface area contributed by atoms with Gasteiger partial charge in [0.05, 0.1) is 19.1 Å². The van der Waals surface area contributed by atoms with Crippen LogP contribution in [0.2, 0.25) is 0 Å². The van der Waals surface area contributed by atoms with Crippen molar-refractivity contribution >= 4 is 17.8 Å². The Morgan fingerprint density at radius 2 is 1.95 bits per heavy atom. The SMILES string of the molecule is COc1ccc(O)c(C(=O)N[C@@H](CC(=O)O)C(=O)O)c1. The van der Waals surface area contributed by atoms with Crippen molar-refractivity contribution in [3.63, 3.8) is 0 Å². The maximum absolute atomic E-state index is 11.8. The van der Waals surface area contributed by atoms with E-state index in [4.69, 9.17) is 14.9 Å². The van der Waals surface area contributed by atoms with Crippen molar-refractivity contribution in [1.82, 2.24) is 5.32 Å². The summed E-state index contributed by atoms with van der Waals surface area (Å²) in [6.07, 6.45) is -0.772. The molecule has 0 aliphatic rings. The lowest BCUT2D eigenvalue weighted by Gasteiger charge is -2.13. The van der Waals surface area contributed by atoms with Gasteiger partial charge in [-0.15, -0.1) is 0 Å². The Bertz CT molecular complexity index is 541. The number of ether oxygens (including phenoxy) is 1. The number of phenols is 1. The maximum atomic E-state index is 11.8. The van der Waals surface area contributed by atoms with E-state index in [0.29, 0.717) is 0 Å². The van der Waals surface area contributed by atoms with E-state index in [-0.39, 0.29) is 17.1 Å². The molecule has 20 heavy (non-hydrogen) atoms. The average molecular weight is 283 g/mol. The third kappa shape index (κ3) is 3.87. The van der Waals surface area contributed by atoms with Crippen molar-refractivity contribution in [2.45, 2.75) is 12.5 Å². The highest BCUT2D eigenvalue weighted by Gasteiger charge is 2.24. The smallest absolute Gasteiger partial charge is 0.326 e. The van der Waals surface area contributed by atoms with Gasteiger partial charge in [-0.2, -0.15) is 0 Å². The first-order valence-electron chi connectivity index (χ1n) is 5.47. The number of hydrogen-bond acceptors (Lipinski definition) is 5. The first-order valence-corrected chi connectivity index (χ1v) is 5.47. The number of hydrogen-bond donors (Lipinski definition) is 4. The summed E-state index contributed by atoms with van der Waals surface area (Å²) in [4.78, 5) is 33.2. The molecule has 0 radical (unpaired) electrons. The molecule has 0 spiro atoms. The van der Waals surface area contributed by atoms with Crippen LogP contribution in [0.4, 0.5) is 0 Å². The molecule has 1 amide bonds. The molecular weight excluding hydrogens is 270 g/mol. The van der Waals surface area contributed by atoms with Crippen LogP contribution >= 0.6 is 0 Å². The molecule has 0 bridgehead atoms. The number of phenolic OH excluding ortho intramolecular Hbond substituents is 1. The van der Waals surface area contributed by atoms with Crippen molar-refractivity contribution in [3.8, 4) is 11.5 Å². The van der Waals surface area contributed by atoms with Crippen LogP contribution in [-0.2, 0) is 9.59 Å². The Kier molecular flexibility index (Phi) is 4.90. The van der Waals surface area contributed by atoms with Gasteiger partial charge in [0.2, 0.25) is 0 Å². The van der Waals surface area contributed by atoms with Crippen molar-refractivity contribution in [2.24, 2.45) is 0 Å². The first kappa shape index (κ1) is 15.3. The van der Waals surface area contributed by atoms with Crippen LogP contribution < -0.4 is 10.1 Å². The minimum atomic E-state index is -1.59. The molecule has 0 aliphatic heterocycles. The average Bonchev–Trinajstić information content (AvgIpc) is 2.37. The second-order valence-electron chi connectivity index (χ2n) is 3.85. The van der Waals surface area contributed by atoms with E-state index >= 15 is 0 Å². The van der Waals surface area contributed by atoms with Crippen LogP contribution in [0.3, 0.4) is 0 Å². The zero-order valence-electron chi connectivity index (χ0n) is 10.5. The summed E-state index contributed by atoms with van der Waals surface area (Å²) < 4.78 is 4.88. The van der Waals surface area contributed by atoms with Gasteiger partial charge in [0.1, 0.15) is 17.5 Å². The van der Waals surface area contributed by atoms with Gasteiger partial charge in [0, 0.05) is 0 Å². The summed E-state index contributed by atoms with van der Waals surface area (Å²) in [6, 6.07) is 2.24. The third-order valence-electron chi connectivity index (χ3n) is 2.43. The second kappa shape index (κ2) is 6.41. The van der Waals surface area contributed by atoms with Gasteiger partial charge in [-0.25, -0.2) is 4.79 Å². The Balaban J connectivity index is 2.94. The van der Waals surface area contributed by atoms with Gasteiger partial charge in [-0.1, -0.05) is 0 Å². The van der Waals surface area contributed by atoms with Crippen LogP contribution in [0.25, 0.3) is 0 Å². The molecule has 0 aromatic heterocycles. The Hall–Kier alpha value is -2.77. The van der Waals surface area contributed by atoms with Crippen LogP contribution in [-0.4, -0.2) is 46.3 Å². The Morgan fingerprint density at radius 3 is 2.45 bits per heavy atom. The summed E-state index contributed by atoms with van der Waals surface area (Å²) in [5, 5.41) is 29.0. The maximum Gasteiger partial charge on any atom is 0.326 e. The van der Waals surface area contributed by atoms with Gasteiger partial charge in [-0.3, -0.25) is 9.59 Å². The summed E-state index contributed by atoms with van der Waals surface area (Å²) in [6.45, 7) is 0. The van der Waals surface area contributed by atoms with Crippen molar-refractivity contribution in [3.05, 3.63) is 23.8 Å². The van der Waals surface area contributed by atoms with Crippen LogP contribution in [0.1, 0.15) is 16.8 Å². The molecule has 108 valence electrons. The summed E-state index contributed by atoms with van der Waals surface area (Å²) in [5.41, 5.74) is -0.207. The van der Waals surface area contributed by atoms with Gasteiger partial charge >= 0.3 is 11.9 Å². The third-order valence-corrected chi connectivity index (χ3v) is 2.43. The van der Waals surface area contributed by atoms with E-state index in [1.807, 2.05) is 5.32 Å². The normalized spacial score (nSPS) is 11.4. The number of methoxy groups -OCH3 is 1. The van der Waals surface area contributed by atoms with Crippen LogP contribution in [0, 0.1) is 0 Å². The minimum Gasteiger partial charge on any atom is -0.507 e. The van der Waals surface area contributed by atoms with Crippen LogP contribution in [0.5, 0.6) is 11.5 Å². The molecule has 0 unspecified atom stereocenters. The number of carbonyl (C=O) groups excluding carboxylic acids is 1. The molecule has 8 heteroatoms. The fourth-order valence-electron chi connectivity index (χ4n) is 1.43. The summed E-state index contributed by atoms with van der Waals surface area (Å²) >= 11 is 0. The quantitative estimate of drug-likeness (QED) is 0.580. The molecule has 8 nitrogen and oxygen atoms in total. The number of nitrogens with one attached hydrogen (secondary N) is 1. The lowest BCUT2D eigenvalue weighted by atomic mass is 10.1. The topological polar surface area (TPSA) is 133 Å². The molecular formula is C12H13NO7. The Morgan fingerprint density at radius 1 is 1.30 bits per heavy atom. The predicted molar refractivity (Wildman–Crippen MR) is 65.8 cm³/mol. The molecule has 1 atom stereocenters. The lowest BCUT2D eigenvalue weighted by Crippen LogP contribution is -2.42. The zero-order valence-corrected chi connectivity index (χ0v) is 10.5. The van der Waals surface area contributed by atoms with E-state index in [1.54, 1.807) is 0 Å². The van der Waals surface area contributed by atoms with Crippen molar-refractivity contribution in [1.29, 1.82) is 0 Å². The molecule has 1 rings (SSSR count). The molecule has 0 heterocycles. The molecule has 4 N–H and O–H groups in total. The predicted octanol–water partition coefficient (Wildman–Crippen LogP) is 0.0585. The van der Waals surface area contributed by atoms with Gasteiger partial charge in [0.25, 0.3) is 5.91 Å². The zero-order chi connectivity index (χ0) is 15.3. The highest BCUT2D eigenvalue weighted by Crippen LogP contribution is 2.22. The van der Waals surface area contributed by atoms with E-state index < -0.39 is 30.3 Å².